The molecule has 4 rings (SSSR count). The number of hydrogen-bond donors (Lipinski definition) is 0. The number of nitrogens with zero attached hydrogens (tertiary/aromatic N) is 2. The lowest BCUT2D eigenvalue weighted by molar-refractivity contribution is 0.769. The first-order valence-corrected chi connectivity index (χ1v) is 8.28. The Labute approximate surface area is 137 Å². The molecular weight excluding hydrogens is 304 g/mol. The monoisotopic (exact) mass is 318 g/mol. The number of aromatic nitrogens is 2. The van der Waals surface area contributed by atoms with Crippen molar-refractivity contribution >= 4 is 22.2 Å². The van der Waals surface area contributed by atoms with Crippen LogP contribution >= 0.6 is 11.3 Å². The molecular formula is C19H14N2OS. The van der Waals surface area contributed by atoms with Gasteiger partial charge < -0.3 is 0 Å². The largest absolute Gasteiger partial charge is 0.287 e. The number of para-hydroxylation sites is 1. The molecule has 0 aliphatic heterocycles. The first kappa shape index (κ1) is 13.9. The molecule has 0 aliphatic rings. The van der Waals surface area contributed by atoms with Crippen LogP contribution in [-0.2, 0) is 6.54 Å². The lowest BCUT2D eigenvalue weighted by Gasteiger charge is -2.13. The van der Waals surface area contributed by atoms with E-state index in [9.17, 15) is 4.79 Å². The first-order valence-electron chi connectivity index (χ1n) is 7.40. The molecule has 2 heterocycles. The molecule has 0 atom stereocenters. The summed E-state index contributed by atoms with van der Waals surface area (Å²) in [6.45, 7) is 0.540. The number of rotatable bonds is 3. The Morgan fingerprint density at radius 3 is 2.48 bits per heavy atom. The van der Waals surface area contributed by atoms with Crippen molar-refractivity contribution in [1.82, 2.24) is 9.55 Å². The Hall–Kier alpha value is -2.72. The van der Waals surface area contributed by atoms with Crippen LogP contribution in [0.5, 0.6) is 0 Å². The van der Waals surface area contributed by atoms with Gasteiger partial charge in [-0.1, -0.05) is 48.5 Å². The number of fused-ring (bicyclic) bond motifs is 1. The van der Waals surface area contributed by atoms with Gasteiger partial charge in [-0.05, 0) is 23.6 Å². The molecule has 4 heteroatoms. The van der Waals surface area contributed by atoms with E-state index in [1.165, 1.54) is 0 Å². The smallest absolute Gasteiger partial charge is 0.261 e. The summed E-state index contributed by atoms with van der Waals surface area (Å²) in [6.07, 6.45) is 0. The fourth-order valence-electron chi connectivity index (χ4n) is 2.68. The van der Waals surface area contributed by atoms with E-state index < -0.39 is 0 Å². The van der Waals surface area contributed by atoms with Crippen molar-refractivity contribution in [2.75, 3.05) is 0 Å². The predicted octanol–water partition coefficient (Wildman–Crippen LogP) is 4.17. The SMILES string of the molecule is O=c1c2ccccc2nc(-c2ccccc2)n1Cc1cccs1. The van der Waals surface area contributed by atoms with Crippen molar-refractivity contribution in [3.05, 3.63) is 87.3 Å². The van der Waals surface area contributed by atoms with Crippen LogP contribution in [0.4, 0.5) is 0 Å². The summed E-state index contributed by atoms with van der Waals surface area (Å²) in [5.41, 5.74) is 1.69. The van der Waals surface area contributed by atoms with Gasteiger partial charge in [-0.2, -0.15) is 0 Å². The molecule has 112 valence electrons. The molecule has 0 aliphatic carbocycles. The van der Waals surface area contributed by atoms with Crippen molar-refractivity contribution in [1.29, 1.82) is 0 Å². The maximum atomic E-state index is 13.0. The maximum absolute atomic E-state index is 13.0. The average molecular weight is 318 g/mol. The summed E-state index contributed by atoms with van der Waals surface area (Å²) < 4.78 is 1.77. The fourth-order valence-corrected chi connectivity index (χ4v) is 3.37. The highest BCUT2D eigenvalue weighted by atomic mass is 32.1. The Bertz CT molecular complexity index is 1000. The molecule has 4 aromatic rings. The van der Waals surface area contributed by atoms with Crippen LogP contribution in [0.1, 0.15) is 4.88 Å². The van der Waals surface area contributed by atoms with Crippen LogP contribution in [0.2, 0.25) is 0 Å². The van der Waals surface area contributed by atoms with E-state index in [-0.39, 0.29) is 5.56 Å². The average Bonchev–Trinajstić information content (AvgIpc) is 3.11. The zero-order valence-electron chi connectivity index (χ0n) is 12.3. The van der Waals surface area contributed by atoms with E-state index in [0.717, 1.165) is 16.0 Å². The summed E-state index contributed by atoms with van der Waals surface area (Å²) in [4.78, 5) is 18.9. The van der Waals surface area contributed by atoms with Gasteiger partial charge in [0.15, 0.2) is 0 Å². The van der Waals surface area contributed by atoms with Crippen molar-refractivity contribution in [3.8, 4) is 11.4 Å². The van der Waals surface area contributed by atoms with Gasteiger partial charge in [0.2, 0.25) is 0 Å². The maximum Gasteiger partial charge on any atom is 0.261 e. The van der Waals surface area contributed by atoms with Gasteiger partial charge in [-0.15, -0.1) is 11.3 Å². The van der Waals surface area contributed by atoms with Crippen LogP contribution in [0.25, 0.3) is 22.3 Å². The van der Waals surface area contributed by atoms with Crippen molar-refractivity contribution < 1.29 is 0 Å². The second-order valence-corrected chi connectivity index (χ2v) is 6.32. The molecule has 2 aromatic heterocycles. The van der Waals surface area contributed by atoms with Crippen molar-refractivity contribution in [3.63, 3.8) is 0 Å². The van der Waals surface area contributed by atoms with Crippen LogP contribution in [0, 0.1) is 0 Å². The standard InChI is InChI=1S/C19H14N2OS/c22-19-16-10-4-5-11-17(16)20-18(14-7-2-1-3-8-14)21(19)13-15-9-6-12-23-15/h1-12H,13H2. The van der Waals surface area contributed by atoms with E-state index in [1.807, 2.05) is 72.1 Å². The summed E-state index contributed by atoms with van der Waals surface area (Å²) in [5, 5.41) is 2.68. The molecule has 0 unspecified atom stereocenters. The van der Waals surface area contributed by atoms with Crippen LogP contribution < -0.4 is 5.56 Å². The van der Waals surface area contributed by atoms with E-state index in [2.05, 4.69) is 0 Å². The highest BCUT2D eigenvalue weighted by molar-refractivity contribution is 7.09. The second kappa shape index (κ2) is 5.82. The Kier molecular flexibility index (Phi) is 3.52. The molecule has 0 amide bonds. The molecule has 2 aromatic carbocycles. The van der Waals surface area contributed by atoms with Crippen molar-refractivity contribution in [2.45, 2.75) is 6.54 Å². The van der Waals surface area contributed by atoms with E-state index >= 15 is 0 Å². The third-order valence-corrected chi connectivity index (χ3v) is 4.65. The summed E-state index contributed by atoms with van der Waals surface area (Å²) in [6, 6.07) is 21.4. The van der Waals surface area contributed by atoms with Crippen LogP contribution in [0.15, 0.2) is 76.9 Å². The Morgan fingerprint density at radius 1 is 0.913 bits per heavy atom. The third kappa shape index (κ3) is 2.58. The minimum Gasteiger partial charge on any atom is -0.287 e. The Balaban J connectivity index is 2.00. The van der Waals surface area contributed by atoms with Gasteiger partial charge in [-0.25, -0.2) is 4.98 Å². The normalized spacial score (nSPS) is 11.0. The lowest BCUT2D eigenvalue weighted by Crippen LogP contribution is -2.23. The summed E-state index contributed by atoms with van der Waals surface area (Å²) in [5.74, 6) is 0.711. The molecule has 23 heavy (non-hydrogen) atoms. The van der Waals surface area contributed by atoms with Gasteiger partial charge in [0, 0.05) is 10.4 Å². The minimum absolute atomic E-state index is 0.00264. The third-order valence-electron chi connectivity index (χ3n) is 3.79. The first-order chi connectivity index (χ1) is 11.3. The highest BCUT2D eigenvalue weighted by Crippen LogP contribution is 2.20. The molecule has 0 bridgehead atoms. The highest BCUT2D eigenvalue weighted by Gasteiger charge is 2.13. The molecule has 0 N–H and O–H groups in total. The van der Waals surface area contributed by atoms with Crippen LogP contribution in [0.3, 0.4) is 0 Å². The zero-order chi connectivity index (χ0) is 15.6. The zero-order valence-corrected chi connectivity index (χ0v) is 13.2. The number of hydrogen-bond acceptors (Lipinski definition) is 3. The van der Waals surface area contributed by atoms with E-state index in [4.69, 9.17) is 4.98 Å². The molecule has 0 spiro atoms. The van der Waals surface area contributed by atoms with Crippen LogP contribution in [-0.4, -0.2) is 9.55 Å². The van der Waals surface area contributed by atoms with Crippen molar-refractivity contribution in [2.24, 2.45) is 0 Å². The topological polar surface area (TPSA) is 34.9 Å². The molecule has 3 nitrogen and oxygen atoms in total. The van der Waals surface area contributed by atoms with Gasteiger partial charge in [-0.3, -0.25) is 9.36 Å². The minimum atomic E-state index is 0.00264. The Morgan fingerprint density at radius 2 is 1.70 bits per heavy atom. The summed E-state index contributed by atoms with van der Waals surface area (Å²) in [7, 11) is 0. The molecule has 0 saturated carbocycles. The van der Waals surface area contributed by atoms with Gasteiger partial charge in [0.1, 0.15) is 5.82 Å². The number of thiophene rings is 1. The van der Waals surface area contributed by atoms with Gasteiger partial charge >= 0.3 is 0 Å². The lowest BCUT2D eigenvalue weighted by atomic mass is 10.2. The van der Waals surface area contributed by atoms with E-state index in [1.54, 1.807) is 15.9 Å². The predicted molar refractivity (Wildman–Crippen MR) is 94.9 cm³/mol. The summed E-state index contributed by atoms with van der Waals surface area (Å²) >= 11 is 1.65. The van der Waals surface area contributed by atoms with Gasteiger partial charge in [0.25, 0.3) is 5.56 Å². The molecule has 0 fully saturated rings. The van der Waals surface area contributed by atoms with Gasteiger partial charge in [0.05, 0.1) is 17.4 Å². The molecule has 0 radical (unpaired) electrons. The van der Waals surface area contributed by atoms with E-state index in [0.29, 0.717) is 17.8 Å². The second-order valence-electron chi connectivity index (χ2n) is 5.29. The quantitative estimate of drug-likeness (QED) is 0.568. The molecule has 0 saturated heterocycles. The number of benzene rings is 2. The fraction of sp³-hybridized carbons (Fsp3) is 0.0526.